The number of piperazine rings is 1. The van der Waals surface area contributed by atoms with Gasteiger partial charge in [-0.3, -0.25) is 9.29 Å². The highest BCUT2D eigenvalue weighted by atomic mass is 32.2. The highest BCUT2D eigenvalue weighted by Crippen LogP contribution is 2.27. The zero-order valence-electron chi connectivity index (χ0n) is 21.5. The highest BCUT2D eigenvalue weighted by Gasteiger charge is 2.41. The molecule has 36 heavy (non-hydrogen) atoms. The van der Waals surface area contributed by atoms with Crippen LogP contribution in [0.1, 0.15) is 50.7 Å². The van der Waals surface area contributed by atoms with E-state index >= 15 is 0 Å². The second kappa shape index (κ2) is 10.8. The minimum atomic E-state index is -4.00. The molecule has 2 heterocycles. The number of para-hydroxylation sites is 1. The zero-order valence-corrected chi connectivity index (χ0v) is 22.4. The van der Waals surface area contributed by atoms with Crippen molar-refractivity contribution >= 4 is 28.0 Å². The van der Waals surface area contributed by atoms with Gasteiger partial charge in [0.1, 0.15) is 5.60 Å². The van der Waals surface area contributed by atoms with E-state index < -0.39 is 40.0 Å². The Morgan fingerprint density at radius 1 is 1.06 bits per heavy atom. The van der Waals surface area contributed by atoms with Crippen molar-refractivity contribution in [1.82, 2.24) is 14.2 Å². The maximum atomic E-state index is 13.9. The van der Waals surface area contributed by atoms with Gasteiger partial charge in [-0.25, -0.2) is 9.59 Å². The number of pyridine rings is 1. The molecule has 196 valence electrons. The Morgan fingerprint density at radius 2 is 1.67 bits per heavy atom. The van der Waals surface area contributed by atoms with E-state index in [2.05, 4.69) is 4.98 Å². The first kappa shape index (κ1) is 27.4. The van der Waals surface area contributed by atoms with E-state index in [9.17, 15) is 18.0 Å². The molecule has 1 saturated heterocycles. The predicted molar refractivity (Wildman–Crippen MR) is 136 cm³/mol. The van der Waals surface area contributed by atoms with Gasteiger partial charge in [0, 0.05) is 31.4 Å². The lowest BCUT2D eigenvalue weighted by Crippen LogP contribution is -2.62. The number of aromatic nitrogens is 1. The molecule has 1 aromatic heterocycles. The SMILES string of the molecule is COC(=O)c1ccc(CN(c2ccccc2)S(=O)(=O)N2C[C@@H](C)N(C(=O)OC(C)(C)C)[C@@H](C)C2)nc1. The summed E-state index contributed by atoms with van der Waals surface area (Å²) in [4.78, 5) is 30.4. The minimum absolute atomic E-state index is 0.0388. The van der Waals surface area contributed by atoms with E-state index in [-0.39, 0.29) is 25.2 Å². The maximum Gasteiger partial charge on any atom is 0.410 e. The molecule has 0 radical (unpaired) electrons. The van der Waals surface area contributed by atoms with Gasteiger partial charge in [-0.2, -0.15) is 12.7 Å². The number of hydrogen-bond donors (Lipinski definition) is 0. The summed E-state index contributed by atoms with van der Waals surface area (Å²) in [7, 11) is -2.72. The number of carbonyl (C=O) groups excluding carboxylic acids is 2. The third-order valence-electron chi connectivity index (χ3n) is 5.69. The number of benzene rings is 1. The number of amides is 1. The Morgan fingerprint density at radius 3 is 2.17 bits per heavy atom. The van der Waals surface area contributed by atoms with Gasteiger partial charge in [0.2, 0.25) is 0 Å². The molecule has 11 heteroatoms. The molecule has 1 amide bonds. The Labute approximate surface area is 213 Å². The molecule has 0 unspecified atom stereocenters. The second-order valence-electron chi connectivity index (χ2n) is 9.78. The lowest BCUT2D eigenvalue weighted by atomic mass is 10.1. The summed E-state index contributed by atoms with van der Waals surface area (Å²) in [6.45, 7) is 9.19. The predicted octanol–water partition coefficient (Wildman–Crippen LogP) is 3.45. The molecule has 1 fully saturated rings. The van der Waals surface area contributed by atoms with Crippen LogP contribution in [0.3, 0.4) is 0 Å². The number of rotatable bonds is 6. The van der Waals surface area contributed by atoms with Crippen molar-refractivity contribution in [3.63, 3.8) is 0 Å². The van der Waals surface area contributed by atoms with E-state index in [1.807, 2.05) is 13.8 Å². The molecule has 10 nitrogen and oxygen atoms in total. The van der Waals surface area contributed by atoms with Gasteiger partial charge in [0.05, 0.1) is 30.6 Å². The molecular formula is C25H34N4O6S. The Bertz CT molecular complexity index is 1150. The molecule has 2 aromatic rings. The van der Waals surface area contributed by atoms with Crippen LogP contribution in [0.4, 0.5) is 10.5 Å². The fourth-order valence-corrected chi connectivity index (χ4v) is 5.85. The van der Waals surface area contributed by atoms with Crippen molar-refractivity contribution in [2.75, 3.05) is 24.5 Å². The molecule has 3 rings (SSSR count). The fraction of sp³-hybridized carbons (Fsp3) is 0.480. The smallest absolute Gasteiger partial charge is 0.410 e. The van der Waals surface area contributed by atoms with Crippen LogP contribution in [0.25, 0.3) is 0 Å². The fourth-order valence-electron chi connectivity index (χ4n) is 4.08. The van der Waals surface area contributed by atoms with Gasteiger partial charge in [0.15, 0.2) is 0 Å². The number of methoxy groups -OCH3 is 1. The quantitative estimate of drug-likeness (QED) is 0.539. The van der Waals surface area contributed by atoms with Crippen LogP contribution in [0, 0.1) is 0 Å². The molecule has 0 N–H and O–H groups in total. The van der Waals surface area contributed by atoms with Crippen molar-refractivity contribution < 1.29 is 27.5 Å². The Hall–Kier alpha value is -3.18. The first-order valence-electron chi connectivity index (χ1n) is 11.7. The van der Waals surface area contributed by atoms with Crippen LogP contribution in [-0.4, -0.2) is 72.6 Å². The van der Waals surface area contributed by atoms with Gasteiger partial charge < -0.3 is 14.4 Å². The van der Waals surface area contributed by atoms with E-state index in [1.54, 1.807) is 68.1 Å². The van der Waals surface area contributed by atoms with Crippen molar-refractivity contribution in [2.24, 2.45) is 0 Å². The van der Waals surface area contributed by atoms with Crippen LogP contribution in [0.2, 0.25) is 0 Å². The van der Waals surface area contributed by atoms with Gasteiger partial charge in [-0.1, -0.05) is 18.2 Å². The van der Waals surface area contributed by atoms with E-state index in [0.717, 1.165) is 0 Å². The minimum Gasteiger partial charge on any atom is -0.465 e. The molecule has 0 spiro atoms. The third kappa shape index (κ3) is 6.33. The summed E-state index contributed by atoms with van der Waals surface area (Å²) in [5.41, 5.74) is 0.561. The summed E-state index contributed by atoms with van der Waals surface area (Å²) in [6.07, 6.45) is 0.898. The second-order valence-corrected chi connectivity index (χ2v) is 11.6. The van der Waals surface area contributed by atoms with Crippen molar-refractivity contribution in [3.8, 4) is 0 Å². The number of anilines is 1. The van der Waals surface area contributed by atoms with Gasteiger partial charge >= 0.3 is 22.3 Å². The summed E-state index contributed by atoms with van der Waals surface area (Å²) < 4.78 is 40.8. The number of hydrogen-bond acceptors (Lipinski definition) is 7. The standard InChI is InChI=1S/C25H34N4O6S/c1-18-15-27(16-19(2)29(18)24(31)35-25(3,4)5)36(32,33)28(22-10-8-7-9-11-22)17-21-13-12-20(14-26-21)23(30)34-6/h7-14,18-19H,15-17H2,1-6H3/t18-,19+. The molecule has 1 aliphatic heterocycles. The van der Waals surface area contributed by atoms with Crippen LogP contribution in [0.5, 0.6) is 0 Å². The number of carbonyl (C=O) groups is 2. The maximum absolute atomic E-state index is 13.9. The van der Waals surface area contributed by atoms with E-state index in [0.29, 0.717) is 11.4 Å². The first-order valence-corrected chi connectivity index (χ1v) is 13.1. The molecule has 0 saturated carbocycles. The average Bonchev–Trinajstić information content (AvgIpc) is 2.81. The lowest BCUT2D eigenvalue weighted by Gasteiger charge is -2.45. The van der Waals surface area contributed by atoms with E-state index in [1.165, 1.54) is 21.9 Å². The largest absolute Gasteiger partial charge is 0.465 e. The average molecular weight is 519 g/mol. The molecule has 2 atom stereocenters. The van der Waals surface area contributed by atoms with Gasteiger partial charge in [0.25, 0.3) is 0 Å². The first-order chi connectivity index (χ1) is 16.8. The third-order valence-corrected chi connectivity index (χ3v) is 7.54. The zero-order chi connectivity index (χ0) is 26.7. The molecule has 0 bridgehead atoms. The van der Waals surface area contributed by atoms with Gasteiger partial charge in [-0.15, -0.1) is 0 Å². The molecular weight excluding hydrogens is 484 g/mol. The molecule has 0 aliphatic carbocycles. The molecule has 1 aromatic carbocycles. The van der Waals surface area contributed by atoms with Crippen LogP contribution in [0.15, 0.2) is 48.7 Å². The summed E-state index contributed by atoms with van der Waals surface area (Å²) in [5.74, 6) is -0.521. The Balaban J connectivity index is 1.87. The normalized spacial score (nSPS) is 19.0. The van der Waals surface area contributed by atoms with Crippen molar-refractivity contribution in [2.45, 2.75) is 58.8 Å². The molecule has 1 aliphatic rings. The van der Waals surface area contributed by atoms with E-state index in [4.69, 9.17) is 9.47 Å². The highest BCUT2D eigenvalue weighted by molar-refractivity contribution is 7.90. The van der Waals surface area contributed by atoms with Crippen LogP contribution >= 0.6 is 0 Å². The van der Waals surface area contributed by atoms with Crippen LogP contribution < -0.4 is 4.31 Å². The van der Waals surface area contributed by atoms with Gasteiger partial charge in [-0.05, 0) is 58.9 Å². The lowest BCUT2D eigenvalue weighted by molar-refractivity contribution is -0.00502. The summed E-state index contributed by atoms with van der Waals surface area (Å²) >= 11 is 0. The topological polar surface area (TPSA) is 109 Å². The number of nitrogens with zero attached hydrogens (tertiary/aromatic N) is 4. The number of esters is 1. The Kier molecular flexibility index (Phi) is 8.25. The number of ether oxygens (including phenoxy) is 2. The van der Waals surface area contributed by atoms with Crippen LogP contribution in [-0.2, 0) is 26.2 Å². The van der Waals surface area contributed by atoms with Crippen molar-refractivity contribution in [1.29, 1.82) is 0 Å². The summed E-state index contributed by atoms with van der Waals surface area (Å²) in [5, 5.41) is 0. The monoisotopic (exact) mass is 518 g/mol. The summed E-state index contributed by atoms with van der Waals surface area (Å²) in [6, 6.07) is 11.1. The van der Waals surface area contributed by atoms with Crippen molar-refractivity contribution in [3.05, 3.63) is 59.9 Å².